The molecule has 0 radical (unpaired) electrons. The van der Waals surface area contributed by atoms with Crippen molar-refractivity contribution in [1.82, 2.24) is 9.30 Å². The van der Waals surface area contributed by atoms with Gasteiger partial charge in [-0.25, -0.2) is 0 Å². The molecular formula is C22H32N2O. The standard InChI is InChI=1S/C22H32N2O/c1-5-22(6-2)11-9-18-20(21(22)23-12-7-8-13-23)16(3)19-15-17(25-4)10-14-24(18)19/h10,14-15,21H,5-9,11-13H2,1-4H3. The van der Waals surface area contributed by atoms with Gasteiger partial charge in [-0.2, -0.15) is 0 Å². The van der Waals surface area contributed by atoms with Gasteiger partial charge in [-0.15, -0.1) is 0 Å². The molecular weight excluding hydrogens is 308 g/mol. The van der Waals surface area contributed by atoms with E-state index in [2.05, 4.69) is 48.4 Å². The Morgan fingerprint density at radius 1 is 1.20 bits per heavy atom. The van der Waals surface area contributed by atoms with E-state index >= 15 is 0 Å². The summed E-state index contributed by atoms with van der Waals surface area (Å²) in [5.74, 6) is 0.959. The molecule has 3 nitrogen and oxygen atoms in total. The van der Waals surface area contributed by atoms with E-state index in [1.165, 1.54) is 62.7 Å². The first kappa shape index (κ1) is 17.0. The lowest BCUT2D eigenvalue weighted by molar-refractivity contribution is 0.0506. The topological polar surface area (TPSA) is 16.9 Å². The van der Waals surface area contributed by atoms with E-state index in [1.54, 1.807) is 18.4 Å². The highest BCUT2D eigenvalue weighted by atomic mass is 16.5. The lowest BCUT2D eigenvalue weighted by Crippen LogP contribution is -2.43. The Morgan fingerprint density at radius 3 is 2.56 bits per heavy atom. The molecule has 1 unspecified atom stereocenters. The van der Waals surface area contributed by atoms with Crippen LogP contribution >= 0.6 is 0 Å². The molecule has 25 heavy (non-hydrogen) atoms. The summed E-state index contributed by atoms with van der Waals surface area (Å²) >= 11 is 0. The maximum atomic E-state index is 5.50. The quantitative estimate of drug-likeness (QED) is 0.766. The number of hydrogen-bond acceptors (Lipinski definition) is 2. The summed E-state index contributed by atoms with van der Waals surface area (Å²) in [4.78, 5) is 2.80. The van der Waals surface area contributed by atoms with Crippen molar-refractivity contribution in [3.63, 3.8) is 0 Å². The monoisotopic (exact) mass is 340 g/mol. The number of fused-ring (bicyclic) bond motifs is 3. The third-order valence-corrected chi connectivity index (χ3v) is 7.18. The second-order valence-corrected chi connectivity index (χ2v) is 8.02. The number of aromatic nitrogens is 1. The van der Waals surface area contributed by atoms with Gasteiger partial charge in [0.15, 0.2) is 0 Å². The molecule has 2 aromatic rings. The fourth-order valence-electron chi connectivity index (χ4n) is 5.60. The predicted octanol–water partition coefficient (Wildman–Crippen LogP) is 5.15. The SMILES string of the molecule is CCC1(CC)CCc2c(c(C)c3cc(OC)ccn23)C1N1CCCC1. The molecule has 0 bridgehead atoms. The number of hydrogen-bond donors (Lipinski definition) is 0. The van der Waals surface area contributed by atoms with Crippen LogP contribution in [-0.2, 0) is 6.42 Å². The highest BCUT2D eigenvalue weighted by Crippen LogP contribution is 2.54. The predicted molar refractivity (Wildman–Crippen MR) is 104 cm³/mol. The highest BCUT2D eigenvalue weighted by Gasteiger charge is 2.46. The van der Waals surface area contributed by atoms with E-state index in [0.29, 0.717) is 11.5 Å². The molecule has 3 heterocycles. The number of aryl methyl sites for hydroxylation is 2. The van der Waals surface area contributed by atoms with Gasteiger partial charge in [0.1, 0.15) is 5.75 Å². The summed E-state index contributed by atoms with van der Waals surface area (Å²) in [6.07, 6.45) is 9.99. The number of nitrogens with zero attached hydrogens (tertiary/aromatic N) is 2. The number of methoxy groups -OCH3 is 1. The Morgan fingerprint density at radius 2 is 1.92 bits per heavy atom. The lowest BCUT2D eigenvalue weighted by Gasteiger charge is -2.48. The molecule has 1 saturated heterocycles. The number of likely N-dealkylation sites (tertiary alicyclic amines) is 1. The molecule has 1 atom stereocenters. The van der Waals surface area contributed by atoms with Crippen molar-refractivity contribution in [3.8, 4) is 5.75 Å². The maximum Gasteiger partial charge on any atom is 0.122 e. The summed E-state index contributed by atoms with van der Waals surface area (Å²) in [7, 11) is 1.76. The van der Waals surface area contributed by atoms with Crippen molar-refractivity contribution in [2.24, 2.45) is 5.41 Å². The first-order valence-electron chi connectivity index (χ1n) is 10.1. The van der Waals surface area contributed by atoms with Gasteiger partial charge in [-0.05, 0) is 81.1 Å². The van der Waals surface area contributed by atoms with Crippen LogP contribution in [0.4, 0.5) is 0 Å². The fraction of sp³-hybridized carbons (Fsp3) is 0.636. The largest absolute Gasteiger partial charge is 0.497 e. The van der Waals surface area contributed by atoms with Crippen LogP contribution in [0.15, 0.2) is 18.3 Å². The molecule has 1 fully saturated rings. The molecule has 0 spiro atoms. The van der Waals surface area contributed by atoms with Crippen LogP contribution in [0, 0.1) is 12.3 Å². The average Bonchev–Trinajstić information content (AvgIpc) is 3.28. The summed E-state index contributed by atoms with van der Waals surface area (Å²) in [6, 6.07) is 4.90. The van der Waals surface area contributed by atoms with Gasteiger partial charge < -0.3 is 9.14 Å². The van der Waals surface area contributed by atoms with Crippen LogP contribution in [0.5, 0.6) is 5.75 Å². The zero-order valence-electron chi connectivity index (χ0n) is 16.3. The van der Waals surface area contributed by atoms with Crippen LogP contribution in [0.3, 0.4) is 0 Å². The van der Waals surface area contributed by atoms with Gasteiger partial charge in [-0.3, -0.25) is 4.90 Å². The normalized spacial score (nSPS) is 23.1. The number of ether oxygens (including phenoxy) is 1. The Hall–Kier alpha value is -1.48. The van der Waals surface area contributed by atoms with Crippen LogP contribution in [-0.4, -0.2) is 29.5 Å². The molecule has 0 amide bonds. The minimum atomic E-state index is 0.428. The van der Waals surface area contributed by atoms with Crippen molar-refractivity contribution in [2.75, 3.05) is 20.2 Å². The van der Waals surface area contributed by atoms with Crippen LogP contribution in [0.25, 0.3) is 5.52 Å². The van der Waals surface area contributed by atoms with Crippen LogP contribution in [0.2, 0.25) is 0 Å². The maximum absolute atomic E-state index is 5.50. The van der Waals surface area contributed by atoms with Crippen LogP contribution in [0.1, 0.15) is 68.8 Å². The molecule has 2 aromatic heterocycles. The van der Waals surface area contributed by atoms with E-state index in [-0.39, 0.29) is 0 Å². The Bertz CT molecular complexity index is 766. The lowest BCUT2D eigenvalue weighted by atomic mass is 9.65. The summed E-state index contributed by atoms with van der Waals surface area (Å²) < 4.78 is 7.93. The molecule has 4 rings (SSSR count). The summed E-state index contributed by atoms with van der Waals surface area (Å²) in [6.45, 7) is 9.68. The Labute approximate surface area is 152 Å². The van der Waals surface area contributed by atoms with Crippen molar-refractivity contribution in [3.05, 3.63) is 35.2 Å². The molecule has 136 valence electrons. The van der Waals surface area contributed by atoms with Crippen molar-refractivity contribution in [1.29, 1.82) is 0 Å². The number of rotatable bonds is 4. The van der Waals surface area contributed by atoms with Gasteiger partial charge in [-0.1, -0.05) is 13.8 Å². The molecule has 3 heteroatoms. The minimum absolute atomic E-state index is 0.428. The van der Waals surface area contributed by atoms with Gasteiger partial charge in [0.25, 0.3) is 0 Å². The minimum Gasteiger partial charge on any atom is -0.497 e. The molecule has 0 N–H and O–H groups in total. The second kappa shape index (κ2) is 6.35. The first-order chi connectivity index (χ1) is 12.1. The van der Waals surface area contributed by atoms with E-state index < -0.39 is 0 Å². The zero-order valence-corrected chi connectivity index (χ0v) is 16.3. The van der Waals surface area contributed by atoms with Gasteiger partial charge in [0.2, 0.25) is 0 Å². The van der Waals surface area contributed by atoms with E-state index in [9.17, 15) is 0 Å². The van der Waals surface area contributed by atoms with Crippen LogP contribution < -0.4 is 4.74 Å². The molecule has 1 aliphatic carbocycles. The first-order valence-corrected chi connectivity index (χ1v) is 10.1. The second-order valence-electron chi connectivity index (χ2n) is 8.02. The molecule has 0 saturated carbocycles. The van der Waals surface area contributed by atoms with E-state index in [1.807, 2.05) is 0 Å². The third kappa shape index (κ3) is 2.43. The fourth-order valence-corrected chi connectivity index (χ4v) is 5.60. The summed E-state index contributed by atoms with van der Waals surface area (Å²) in [5, 5.41) is 0. The average molecular weight is 341 g/mol. The Kier molecular flexibility index (Phi) is 4.31. The number of pyridine rings is 1. The van der Waals surface area contributed by atoms with Crippen molar-refractivity contribution < 1.29 is 4.74 Å². The van der Waals surface area contributed by atoms with Gasteiger partial charge in [0.05, 0.1) is 12.6 Å². The van der Waals surface area contributed by atoms with Crippen molar-refractivity contribution >= 4 is 5.52 Å². The Balaban J connectivity index is 1.94. The van der Waals surface area contributed by atoms with Gasteiger partial charge >= 0.3 is 0 Å². The smallest absolute Gasteiger partial charge is 0.122 e. The van der Waals surface area contributed by atoms with Crippen molar-refractivity contribution in [2.45, 2.75) is 65.3 Å². The van der Waals surface area contributed by atoms with E-state index in [4.69, 9.17) is 4.74 Å². The zero-order chi connectivity index (χ0) is 17.6. The summed E-state index contributed by atoms with van der Waals surface area (Å²) in [5.41, 5.74) is 6.40. The molecule has 1 aliphatic heterocycles. The highest BCUT2D eigenvalue weighted by molar-refractivity contribution is 5.65. The third-order valence-electron chi connectivity index (χ3n) is 7.18. The van der Waals surface area contributed by atoms with Gasteiger partial charge in [0, 0.05) is 24.0 Å². The van der Waals surface area contributed by atoms with E-state index in [0.717, 1.165) is 5.75 Å². The molecule has 0 aromatic carbocycles. The molecule has 2 aliphatic rings.